The molecule has 1 aromatic heterocycles. The summed E-state index contributed by atoms with van der Waals surface area (Å²) in [7, 11) is 3.25. The van der Waals surface area contributed by atoms with Gasteiger partial charge in [-0.1, -0.05) is 12.1 Å². The molecule has 0 atom stereocenters. The summed E-state index contributed by atoms with van der Waals surface area (Å²) in [5.41, 5.74) is 3.05. The van der Waals surface area contributed by atoms with Gasteiger partial charge in [0.15, 0.2) is 0 Å². The van der Waals surface area contributed by atoms with Crippen LogP contribution >= 0.6 is 0 Å². The normalized spacial score (nSPS) is 10.7. The summed E-state index contributed by atoms with van der Waals surface area (Å²) in [5.74, 6) is 1.52. The molecule has 2 aromatic carbocycles. The van der Waals surface area contributed by atoms with E-state index >= 15 is 0 Å². The Hall–Kier alpha value is -3.02. The smallest absolute Gasteiger partial charge is 0.221 e. The lowest BCUT2D eigenvalue weighted by Gasteiger charge is -2.09. The van der Waals surface area contributed by atoms with Crippen LogP contribution in [0.3, 0.4) is 0 Å². The van der Waals surface area contributed by atoms with Crippen LogP contribution in [-0.4, -0.2) is 36.2 Å². The molecule has 3 aromatic rings. The maximum atomic E-state index is 12.1. The van der Waals surface area contributed by atoms with Gasteiger partial charge in [-0.2, -0.15) is 0 Å². The third-order valence-corrected chi connectivity index (χ3v) is 4.25. The molecule has 1 N–H and O–H groups in total. The Morgan fingerprint density at radius 2 is 1.85 bits per heavy atom. The first-order valence-electron chi connectivity index (χ1n) is 8.58. The van der Waals surface area contributed by atoms with E-state index < -0.39 is 0 Å². The Labute approximate surface area is 152 Å². The molecule has 0 fully saturated rings. The lowest BCUT2D eigenvalue weighted by atomic mass is 10.1. The largest absolute Gasteiger partial charge is 0.497 e. The van der Waals surface area contributed by atoms with Gasteiger partial charge < -0.3 is 19.4 Å². The first kappa shape index (κ1) is 17.8. The number of ether oxygens (including phenoxy) is 2. The van der Waals surface area contributed by atoms with Crippen molar-refractivity contribution in [3.05, 3.63) is 54.4 Å². The zero-order valence-corrected chi connectivity index (χ0v) is 15.1. The molecule has 0 radical (unpaired) electrons. The standard InChI is InChI=1S/C20H23N3O3/c1-25-16-11-15(12-17(13-16)26-2)7-9-21-20(24)8-10-23-14-22-18-5-3-4-6-19(18)23/h3-6,11-14H,7-10H2,1-2H3,(H,21,24). The van der Waals surface area contributed by atoms with Crippen LogP contribution in [0.5, 0.6) is 11.5 Å². The molecule has 0 saturated heterocycles. The summed E-state index contributed by atoms with van der Waals surface area (Å²) < 4.78 is 12.5. The third-order valence-electron chi connectivity index (χ3n) is 4.25. The van der Waals surface area contributed by atoms with Crippen molar-refractivity contribution in [3.63, 3.8) is 0 Å². The summed E-state index contributed by atoms with van der Waals surface area (Å²) >= 11 is 0. The molecule has 0 bridgehead atoms. The molecule has 0 aliphatic carbocycles. The second kappa shape index (κ2) is 8.38. The highest BCUT2D eigenvalue weighted by Gasteiger charge is 2.06. The van der Waals surface area contributed by atoms with Crippen LogP contribution in [0.1, 0.15) is 12.0 Å². The molecule has 0 unspecified atom stereocenters. The van der Waals surface area contributed by atoms with Gasteiger partial charge in [0.1, 0.15) is 11.5 Å². The molecular weight excluding hydrogens is 330 g/mol. The Bertz CT molecular complexity index is 867. The van der Waals surface area contributed by atoms with E-state index in [0.717, 1.165) is 28.1 Å². The van der Waals surface area contributed by atoms with Crippen LogP contribution in [0, 0.1) is 0 Å². The molecule has 26 heavy (non-hydrogen) atoms. The number of nitrogens with one attached hydrogen (secondary N) is 1. The fourth-order valence-corrected chi connectivity index (χ4v) is 2.86. The van der Waals surface area contributed by atoms with E-state index in [0.29, 0.717) is 25.9 Å². The van der Waals surface area contributed by atoms with Crippen molar-refractivity contribution in [2.45, 2.75) is 19.4 Å². The SMILES string of the molecule is COc1cc(CCNC(=O)CCn2cnc3ccccc32)cc(OC)c1. The predicted octanol–water partition coefficient (Wildman–Crippen LogP) is 2.80. The highest BCUT2D eigenvalue weighted by Crippen LogP contribution is 2.22. The molecule has 0 aliphatic rings. The quantitative estimate of drug-likeness (QED) is 0.676. The average molecular weight is 353 g/mol. The van der Waals surface area contributed by atoms with E-state index in [1.54, 1.807) is 20.5 Å². The monoisotopic (exact) mass is 353 g/mol. The van der Waals surface area contributed by atoms with Crippen molar-refractivity contribution in [1.82, 2.24) is 14.9 Å². The first-order valence-corrected chi connectivity index (χ1v) is 8.58. The number of para-hydroxylation sites is 2. The van der Waals surface area contributed by atoms with Crippen molar-refractivity contribution in [2.75, 3.05) is 20.8 Å². The summed E-state index contributed by atoms with van der Waals surface area (Å²) in [6, 6.07) is 13.6. The lowest BCUT2D eigenvalue weighted by molar-refractivity contribution is -0.121. The van der Waals surface area contributed by atoms with Crippen molar-refractivity contribution in [1.29, 1.82) is 0 Å². The fourth-order valence-electron chi connectivity index (χ4n) is 2.86. The summed E-state index contributed by atoms with van der Waals surface area (Å²) in [5, 5.41) is 2.96. The first-order chi connectivity index (χ1) is 12.7. The number of carbonyl (C=O) groups is 1. The number of rotatable bonds is 8. The zero-order valence-electron chi connectivity index (χ0n) is 15.1. The number of hydrogen-bond donors (Lipinski definition) is 1. The summed E-state index contributed by atoms with van der Waals surface area (Å²) in [6.07, 6.45) is 2.91. The maximum Gasteiger partial charge on any atom is 0.221 e. The molecular formula is C20H23N3O3. The molecule has 136 valence electrons. The number of carbonyl (C=O) groups excluding carboxylic acids is 1. The molecule has 0 saturated carbocycles. The number of nitrogens with zero attached hydrogens (tertiary/aromatic N) is 2. The topological polar surface area (TPSA) is 65.4 Å². The van der Waals surface area contributed by atoms with Gasteiger partial charge in [0, 0.05) is 25.6 Å². The lowest BCUT2D eigenvalue weighted by Crippen LogP contribution is -2.26. The van der Waals surface area contributed by atoms with Gasteiger partial charge in [0.05, 0.1) is 31.6 Å². The molecule has 1 heterocycles. The van der Waals surface area contributed by atoms with E-state index in [2.05, 4.69) is 10.3 Å². The minimum Gasteiger partial charge on any atom is -0.497 e. The van der Waals surface area contributed by atoms with Crippen molar-refractivity contribution in [2.24, 2.45) is 0 Å². The van der Waals surface area contributed by atoms with Crippen molar-refractivity contribution < 1.29 is 14.3 Å². The van der Waals surface area contributed by atoms with E-state index in [4.69, 9.17) is 9.47 Å². The van der Waals surface area contributed by atoms with Crippen LogP contribution in [0.2, 0.25) is 0 Å². The number of benzene rings is 2. The van der Waals surface area contributed by atoms with Crippen molar-refractivity contribution >= 4 is 16.9 Å². The van der Waals surface area contributed by atoms with E-state index in [9.17, 15) is 4.79 Å². The summed E-state index contributed by atoms with van der Waals surface area (Å²) in [6.45, 7) is 1.18. The highest BCUT2D eigenvalue weighted by atomic mass is 16.5. The van der Waals surface area contributed by atoms with E-state index in [1.807, 2.05) is 47.0 Å². The van der Waals surface area contributed by atoms with Crippen LogP contribution in [0.15, 0.2) is 48.8 Å². The van der Waals surface area contributed by atoms with Gasteiger partial charge in [-0.25, -0.2) is 4.98 Å². The zero-order chi connectivity index (χ0) is 18.4. The number of hydrogen-bond acceptors (Lipinski definition) is 4. The Morgan fingerprint density at radius 3 is 2.58 bits per heavy atom. The second-order valence-electron chi connectivity index (χ2n) is 6.00. The fraction of sp³-hybridized carbons (Fsp3) is 0.300. The Kier molecular flexibility index (Phi) is 5.73. The van der Waals surface area contributed by atoms with Gasteiger partial charge in [-0.3, -0.25) is 4.79 Å². The van der Waals surface area contributed by atoms with E-state index in [1.165, 1.54) is 0 Å². The van der Waals surface area contributed by atoms with E-state index in [-0.39, 0.29) is 5.91 Å². The van der Waals surface area contributed by atoms with Crippen LogP contribution < -0.4 is 14.8 Å². The van der Waals surface area contributed by atoms with Gasteiger partial charge in [0.2, 0.25) is 5.91 Å². The predicted molar refractivity (Wildman–Crippen MR) is 101 cm³/mol. The number of aromatic nitrogens is 2. The van der Waals surface area contributed by atoms with Gasteiger partial charge in [0.25, 0.3) is 0 Å². The molecule has 6 nitrogen and oxygen atoms in total. The number of methoxy groups -OCH3 is 2. The van der Waals surface area contributed by atoms with Gasteiger partial charge >= 0.3 is 0 Å². The molecule has 0 spiro atoms. The molecule has 0 aliphatic heterocycles. The van der Waals surface area contributed by atoms with Gasteiger partial charge in [-0.15, -0.1) is 0 Å². The maximum absolute atomic E-state index is 12.1. The minimum atomic E-state index is 0.0256. The minimum absolute atomic E-state index is 0.0256. The van der Waals surface area contributed by atoms with Crippen LogP contribution in [0.25, 0.3) is 11.0 Å². The molecule has 6 heteroatoms. The second-order valence-corrected chi connectivity index (χ2v) is 6.00. The Morgan fingerprint density at radius 1 is 1.12 bits per heavy atom. The van der Waals surface area contributed by atoms with Gasteiger partial charge in [-0.05, 0) is 36.2 Å². The number of imidazole rings is 1. The third kappa shape index (κ3) is 4.33. The Balaban J connectivity index is 1.49. The van der Waals surface area contributed by atoms with Crippen LogP contribution in [0.4, 0.5) is 0 Å². The van der Waals surface area contributed by atoms with Crippen LogP contribution in [-0.2, 0) is 17.8 Å². The molecule has 1 amide bonds. The number of aryl methyl sites for hydroxylation is 1. The number of fused-ring (bicyclic) bond motifs is 1. The van der Waals surface area contributed by atoms with Crippen molar-refractivity contribution in [3.8, 4) is 11.5 Å². The molecule has 3 rings (SSSR count). The number of amides is 1. The highest BCUT2D eigenvalue weighted by molar-refractivity contribution is 5.77. The average Bonchev–Trinajstić information content (AvgIpc) is 3.09. The summed E-state index contributed by atoms with van der Waals surface area (Å²) in [4.78, 5) is 16.5.